The van der Waals surface area contributed by atoms with Crippen LogP contribution >= 0.6 is 11.9 Å². The third-order valence-electron chi connectivity index (χ3n) is 2.92. The van der Waals surface area contributed by atoms with Crippen molar-refractivity contribution in [2.45, 2.75) is 5.75 Å². The van der Waals surface area contributed by atoms with Crippen molar-refractivity contribution in [3.05, 3.63) is 58.1 Å². The molecule has 0 atom stereocenters. The summed E-state index contributed by atoms with van der Waals surface area (Å²) >= 11 is 1.48. The Balaban J connectivity index is 1.94. The van der Waals surface area contributed by atoms with Gasteiger partial charge < -0.3 is 14.2 Å². The Kier molecular flexibility index (Phi) is 5.48. The van der Waals surface area contributed by atoms with Crippen LogP contribution in [0.2, 0.25) is 0 Å². The van der Waals surface area contributed by atoms with E-state index in [2.05, 4.69) is 4.72 Å². The zero-order valence-corrected chi connectivity index (χ0v) is 13.1. The van der Waals surface area contributed by atoms with E-state index in [0.717, 1.165) is 22.7 Å². The number of ether oxygens (including phenoxy) is 2. The van der Waals surface area contributed by atoms with E-state index in [0.29, 0.717) is 5.75 Å². The summed E-state index contributed by atoms with van der Waals surface area (Å²) in [7, 11) is 3.22. The summed E-state index contributed by atoms with van der Waals surface area (Å²) in [5.41, 5.74) is 1.94. The average molecular weight is 320 g/mol. The van der Waals surface area contributed by atoms with E-state index in [9.17, 15) is 10.1 Å². The Morgan fingerprint density at radius 2 is 1.68 bits per heavy atom. The fourth-order valence-corrected chi connectivity index (χ4v) is 2.51. The van der Waals surface area contributed by atoms with E-state index in [4.69, 9.17) is 9.47 Å². The zero-order valence-electron chi connectivity index (χ0n) is 12.2. The van der Waals surface area contributed by atoms with Crippen LogP contribution in [0.25, 0.3) is 0 Å². The first-order valence-electron chi connectivity index (χ1n) is 6.46. The maximum absolute atomic E-state index is 10.6. The Labute approximate surface area is 132 Å². The van der Waals surface area contributed by atoms with Gasteiger partial charge in [-0.25, -0.2) is 0 Å². The van der Waals surface area contributed by atoms with Crippen LogP contribution in [0, 0.1) is 10.1 Å². The second-order valence-corrected chi connectivity index (χ2v) is 5.20. The molecule has 0 aromatic heterocycles. The standard InChI is InChI=1S/C15H16N2O4S/c1-20-14-7-11(8-15(9-14)21-2)10-22-16-12-3-5-13(6-4-12)17(18)19/h3-9,16H,10H2,1-2H3. The molecule has 116 valence electrons. The largest absolute Gasteiger partial charge is 0.497 e. The van der Waals surface area contributed by atoms with Gasteiger partial charge in [0.1, 0.15) is 11.5 Å². The molecule has 6 nitrogen and oxygen atoms in total. The van der Waals surface area contributed by atoms with Gasteiger partial charge in [-0.1, -0.05) is 0 Å². The fourth-order valence-electron chi connectivity index (χ4n) is 1.80. The van der Waals surface area contributed by atoms with Gasteiger partial charge in [0.15, 0.2) is 0 Å². The van der Waals surface area contributed by atoms with Crippen molar-refractivity contribution in [2.75, 3.05) is 18.9 Å². The molecule has 0 saturated carbocycles. The van der Waals surface area contributed by atoms with Gasteiger partial charge in [-0.3, -0.25) is 10.1 Å². The van der Waals surface area contributed by atoms with E-state index in [1.807, 2.05) is 18.2 Å². The number of anilines is 1. The number of rotatable bonds is 7. The normalized spacial score (nSPS) is 10.1. The quantitative estimate of drug-likeness (QED) is 0.474. The minimum absolute atomic E-state index is 0.0769. The van der Waals surface area contributed by atoms with Crippen LogP contribution in [-0.4, -0.2) is 19.1 Å². The molecule has 0 radical (unpaired) electrons. The van der Waals surface area contributed by atoms with Gasteiger partial charge in [0.25, 0.3) is 5.69 Å². The number of hydrogen-bond acceptors (Lipinski definition) is 6. The lowest BCUT2D eigenvalue weighted by atomic mass is 10.2. The molecule has 2 aromatic rings. The van der Waals surface area contributed by atoms with Crippen LogP contribution in [0.4, 0.5) is 11.4 Å². The molecule has 0 aliphatic rings. The van der Waals surface area contributed by atoms with Gasteiger partial charge >= 0.3 is 0 Å². The molecule has 0 aliphatic heterocycles. The monoisotopic (exact) mass is 320 g/mol. The Morgan fingerprint density at radius 3 is 2.18 bits per heavy atom. The van der Waals surface area contributed by atoms with Crippen molar-refractivity contribution in [1.29, 1.82) is 0 Å². The number of nitrogens with zero attached hydrogens (tertiary/aromatic N) is 1. The molecule has 0 spiro atoms. The Hall–Kier alpha value is -2.41. The molecular weight excluding hydrogens is 304 g/mol. The highest BCUT2D eigenvalue weighted by molar-refractivity contribution is 7.99. The SMILES string of the molecule is COc1cc(CSNc2ccc([N+](=O)[O-])cc2)cc(OC)c1. The summed E-state index contributed by atoms with van der Waals surface area (Å²) in [5.74, 6) is 2.18. The molecule has 0 heterocycles. The van der Waals surface area contributed by atoms with Crippen molar-refractivity contribution in [3.63, 3.8) is 0 Å². The number of methoxy groups -OCH3 is 2. The molecule has 0 aliphatic carbocycles. The van der Waals surface area contributed by atoms with Gasteiger partial charge in [-0.05, 0) is 41.8 Å². The van der Waals surface area contributed by atoms with E-state index < -0.39 is 4.92 Å². The predicted octanol–water partition coefficient (Wildman–Crippen LogP) is 3.87. The van der Waals surface area contributed by atoms with Gasteiger partial charge in [-0.2, -0.15) is 0 Å². The summed E-state index contributed by atoms with van der Waals surface area (Å²) in [6, 6.07) is 12.0. The number of benzene rings is 2. The van der Waals surface area contributed by atoms with E-state index in [-0.39, 0.29) is 5.69 Å². The average Bonchev–Trinajstić information content (AvgIpc) is 2.55. The maximum atomic E-state index is 10.6. The van der Waals surface area contributed by atoms with Crippen LogP contribution < -0.4 is 14.2 Å². The van der Waals surface area contributed by atoms with Crippen molar-refractivity contribution >= 4 is 23.3 Å². The fraction of sp³-hybridized carbons (Fsp3) is 0.200. The molecule has 7 heteroatoms. The highest BCUT2D eigenvalue weighted by atomic mass is 32.2. The van der Waals surface area contributed by atoms with Crippen molar-refractivity contribution in [1.82, 2.24) is 0 Å². The van der Waals surface area contributed by atoms with E-state index >= 15 is 0 Å². The first-order chi connectivity index (χ1) is 10.6. The summed E-state index contributed by atoms with van der Waals surface area (Å²) in [6.07, 6.45) is 0. The lowest BCUT2D eigenvalue weighted by Crippen LogP contribution is -1.93. The number of nitro groups is 1. The van der Waals surface area contributed by atoms with Gasteiger partial charge in [0.05, 0.1) is 19.1 Å². The summed E-state index contributed by atoms with van der Waals surface area (Å²) in [5, 5.41) is 10.6. The number of non-ortho nitro benzene ring substituents is 1. The van der Waals surface area contributed by atoms with E-state index in [1.54, 1.807) is 26.4 Å². The third kappa shape index (κ3) is 4.29. The topological polar surface area (TPSA) is 73.6 Å². The minimum atomic E-state index is -0.417. The lowest BCUT2D eigenvalue weighted by molar-refractivity contribution is -0.384. The van der Waals surface area contributed by atoms with Crippen LogP contribution in [-0.2, 0) is 5.75 Å². The number of nitro benzene ring substituents is 1. The summed E-state index contributed by atoms with van der Waals surface area (Å²) in [6.45, 7) is 0. The zero-order chi connectivity index (χ0) is 15.9. The second kappa shape index (κ2) is 7.56. The summed E-state index contributed by atoms with van der Waals surface area (Å²) in [4.78, 5) is 10.2. The molecule has 1 N–H and O–H groups in total. The van der Waals surface area contributed by atoms with Crippen LogP contribution in [0.3, 0.4) is 0 Å². The molecule has 2 rings (SSSR count). The first-order valence-corrected chi connectivity index (χ1v) is 7.45. The Morgan fingerprint density at radius 1 is 1.09 bits per heavy atom. The molecule has 2 aromatic carbocycles. The third-order valence-corrected chi connectivity index (χ3v) is 3.78. The van der Waals surface area contributed by atoms with Crippen LogP contribution in [0.5, 0.6) is 11.5 Å². The number of hydrogen-bond donors (Lipinski definition) is 1. The van der Waals surface area contributed by atoms with Gasteiger partial charge in [0.2, 0.25) is 0 Å². The van der Waals surface area contributed by atoms with E-state index in [1.165, 1.54) is 24.1 Å². The van der Waals surface area contributed by atoms with Crippen molar-refractivity contribution in [2.24, 2.45) is 0 Å². The van der Waals surface area contributed by atoms with Crippen molar-refractivity contribution < 1.29 is 14.4 Å². The van der Waals surface area contributed by atoms with Crippen LogP contribution in [0.15, 0.2) is 42.5 Å². The maximum Gasteiger partial charge on any atom is 0.269 e. The van der Waals surface area contributed by atoms with Gasteiger partial charge in [-0.15, -0.1) is 0 Å². The molecule has 0 amide bonds. The molecule has 0 fully saturated rings. The highest BCUT2D eigenvalue weighted by Gasteiger charge is 2.05. The smallest absolute Gasteiger partial charge is 0.269 e. The number of nitrogens with one attached hydrogen (secondary N) is 1. The molecular formula is C15H16N2O4S. The van der Waals surface area contributed by atoms with Crippen molar-refractivity contribution in [3.8, 4) is 11.5 Å². The summed E-state index contributed by atoms with van der Waals surface area (Å²) < 4.78 is 13.6. The molecule has 0 saturated heterocycles. The molecule has 0 unspecified atom stereocenters. The predicted molar refractivity (Wildman–Crippen MR) is 87.6 cm³/mol. The molecule has 22 heavy (non-hydrogen) atoms. The van der Waals surface area contributed by atoms with Gasteiger partial charge in [0, 0.05) is 29.6 Å². The highest BCUT2D eigenvalue weighted by Crippen LogP contribution is 2.26. The molecule has 0 bridgehead atoms. The first kappa shape index (κ1) is 16.0. The minimum Gasteiger partial charge on any atom is -0.497 e. The Bertz CT molecular complexity index is 624. The second-order valence-electron chi connectivity index (χ2n) is 4.42. The van der Waals surface area contributed by atoms with Crippen LogP contribution in [0.1, 0.15) is 5.56 Å². The lowest BCUT2D eigenvalue weighted by Gasteiger charge is -2.09.